The van der Waals surface area contributed by atoms with Crippen LogP contribution in [0.2, 0.25) is 0 Å². The highest BCUT2D eigenvalue weighted by Gasteiger charge is 2.10. The molecule has 76 valence electrons. The Balaban J connectivity index is 2.98. The van der Waals surface area contributed by atoms with E-state index < -0.39 is 0 Å². The van der Waals surface area contributed by atoms with Crippen LogP contribution in [0, 0.1) is 11.8 Å². The third-order valence-electron chi connectivity index (χ3n) is 2.10. The molecule has 3 N–H and O–H groups in total. The van der Waals surface area contributed by atoms with Crippen LogP contribution in [0.25, 0.3) is 11.0 Å². The number of anilines is 1. The molecule has 15 heavy (non-hydrogen) atoms. The predicted molar refractivity (Wildman–Crippen MR) is 58.3 cm³/mol. The zero-order valence-corrected chi connectivity index (χ0v) is 8.46. The molecule has 0 atom stereocenters. The van der Waals surface area contributed by atoms with Crippen LogP contribution in [0.15, 0.2) is 11.0 Å². The lowest BCUT2D eigenvalue weighted by molar-refractivity contribution is 0.943. The number of H-pyrrole nitrogens is 1. The summed E-state index contributed by atoms with van der Waals surface area (Å²) in [5.74, 6) is 5.73. The van der Waals surface area contributed by atoms with Gasteiger partial charge in [0.2, 0.25) is 5.95 Å². The highest BCUT2D eigenvalue weighted by Crippen LogP contribution is 2.13. The molecule has 0 aromatic carbocycles. The van der Waals surface area contributed by atoms with Crippen molar-refractivity contribution in [1.29, 1.82) is 0 Å². The second-order valence-corrected chi connectivity index (χ2v) is 3.18. The van der Waals surface area contributed by atoms with Gasteiger partial charge in [0.05, 0.1) is 10.9 Å². The largest absolute Gasteiger partial charge is 0.369 e. The third kappa shape index (κ3) is 1.36. The Morgan fingerprint density at radius 2 is 2.33 bits per heavy atom. The van der Waals surface area contributed by atoms with Crippen molar-refractivity contribution in [3.63, 3.8) is 0 Å². The standard InChI is InChI=1S/C10H10N4O/c1-3-4-6-5-14(2)8-7(6)9(15)13-10(11)12-8/h5H,1-2H3,(H3,11,12,13,15). The number of nitrogens with two attached hydrogens (primary N) is 1. The quantitative estimate of drug-likeness (QED) is 0.600. The first-order valence-electron chi connectivity index (χ1n) is 4.41. The lowest BCUT2D eigenvalue weighted by atomic mass is 10.2. The first-order valence-corrected chi connectivity index (χ1v) is 4.41. The minimum atomic E-state index is -0.254. The van der Waals surface area contributed by atoms with E-state index in [0.717, 1.165) is 0 Å². The molecule has 0 amide bonds. The van der Waals surface area contributed by atoms with Gasteiger partial charge in [0.15, 0.2) is 5.65 Å². The third-order valence-corrected chi connectivity index (χ3v) is 2.10. The summed E-state index contributed by atoms with van der Waals surface area (Å²) < 4.78 is 1.74. The molecule has 0 radical (unpaired) electrons. The van der Waals surface area contributed by atoms with Crippen molar-refractivity contribution in [2.45, 2.75) is 6.92 Å². The molecule has 0 spiro atoms. The minimum absolute atomic E-state index is 0.115. The van der Waals surface area contributed by atoms with Gasteiger partial charge < -0.3 is 10.3 Å². The van der Waals surface area contributed by atoms with Crippen LogP contribution in [-0.2, 0) is 7.05 Å². The molecular weight excluding hydrogens is 192 g/mol. The normalized spacial score (nSPS) is 10.0. The van der Waals surface area contributed by atoms with Gasteiger partial charge in [-0.2, -0.15) is 4.98 Å². The number of aryl methyl sites for hydroxylation is 1. The van der Waals surface area contributed by atoms with Gasteiger partial charge in [0, 0.05) is 13.2 Å². The zero-order valence-electron chi connectivity index (χ0n) is 8.46. The molecule has 0 aliphatic rings. The van der Waals surface area contributed by atoms with E-state index >= 15 is 0 Å². The molecule has 0 aliphatic carbocycles. The lowest BCUT2D eigenvalue weighted by Gasteiger charge is -1.95. The second kappa shape index (κ2) is 3.17. The van der Waals surface area contributed by atoms with Crippen molar-refractivity contribution in [1.82, 2.24) is 14.5 Å². The van der Waals surface area contributed by atoms with E-state index in [0.29, 0.717) is 16.6 Å². The molecule has 5 heteroatoms. The maximum Gasteiger partial charge on any atom is 0.263 e. The van der Waals surface area contributed by atoms with Gasteiger partial charge in [-0.3, -0.25) is 9.78 Å². The summed E-state index contributed by atoms with van der Waals surface area (Å²) >= 11 is 0. The fourth-order valence-electron chi connectivity index (χ4n) is 1.53. The molecule has 0 bridgehead atoms. The Morgan fingerprint density at radius 1 is 1.60 bits per heavy atom. The van der Waals surface area contributed by atoms with E-state index in [-0.39, 0.29) is 11.5 Å². The van der Waals surface area contributed by atoms with E-state index in [9.17, 15) is 4.79 Å². The van der Waals surface area contributed by atoms with Crippen LogP contribution < -0.4 is 11.3 Å². The molecule has 2 aromatic rings. The molecule has 0 saturated heterocycles. The number of nitrogens with zero attached hydrogens (tertiary/aromatic N) is 2. The lowest BCUT2D eigenvalue weighted by Crippen LogP contribution is -2.11. The van der Waals surface area contributed by atoms with Crippen LogP contribution in [0.5, 0.6) is 0 Å². The highest BCUT2D eigenvalue weighted by molar-refractivity contribution is 5.83. The summed E-state index contributed by atoms with van der Waals surface area (Å²) in [4.78, 5) is 18.2. The summed E-state index contributed by atoms with van der Waals surface area (Å²) in [5, 5.41) is 0.487. The predicted octanol–water partition coefficient (Wildman–Crippen LogP) is 0.215. The monoisotopic (exact) mass is 202 g/mol. The van der Waals surface area contributed by atoms with Gasteiger partial charge >= 0.3 is 0 Å². The average Bonchev–Trinajstić information content (AvgIpc) is 2.44. The Hall–Kier alpha value is -2.22. The first kappa shape index (κ1) is 9.34. The molecule has 0 unspecified atom stereocenters. The summed E-state index contributed by atoms with van der Waals surface area (Å²) in [5.41, 5.74) is 6.43. The minimum Gasteiger partial charge on any atom is -0.369 e. The topological polar surface area (TPSA) is 76.7 Å². The Kier molecular flexibility index (Phi) is 1.97. The van der Waals surface area contributed by atoms with Gasteiger partial charge in [0.1, 0.15) is 0 Å². The molecule has 0 saturated carbocycles. The first-order chi connectivity index (χ1) is 7.13. The van der Waals surface area contributed by atoms with Crippen molar-refractivity contribution in [2.75, 3.05) is 5.73 Å². The average molecular weight is 202 g/mol. The fourth-order valence-corrected chi connectivity index (χ4v) is 1.53. The number of hydrogen-bond donors (Lipinski definition) is 2. The van der Waals surface area contributed by atoms with Gasteiger partial charge in [0.25, 0.3) is 5.56 Å². The van der Waals surface area contributed by atoms with E-state index in [1.54, 1.807) is 24.7 Å². The van der Waals surface area contributed by atoms with Crippen LogP contribution in [-0.4, -0.2) is 14.5 Å². The maximum atomic E-state index is 11.7. The molecule has 2 aromatic heterocycles. The Bertz CT molecular complexity index is 639. The summed E-state index contributed by atoms with van der Waals surface area (Å²) in [6, 6.07) is 0. The van der Waals surface area contributed by atoms with E-state index in [1.807, 2.05) is 0 Å². The molecule has 5 nitrogen and oxygen atoms in total. The van der Waals surface area contributed by atoms with Crippen molar-refractivity contribution in [3.8, 4) is 11.8 Å². The van der Waals surface area contributed by atoms with Crippen molar-refractivity contribution in [3.05, 3.63) is 22.1 Å². The van der Waals surface area contributed by atoms with E-state index in [1.165, 1.54) is 0 Å². The molecule has 2 rings (SSSR count). The van der Waals surface area contributed by atoms with E-state index in [2.05, 4.69) is 21.8 Å². The number of nitrogens with one attached hydrogen (secondary N) is 1. The van der Waals surface area contributed by atoms with Gasteiger partial charge in [-0.25, -0.2) is 0 Å². The summed E-state index contributed by atoms with van der Waals surface area (Å²) in [7, 11) is 1.80. The fraction of sp³-hybridized carbons (Fsp3) is 0.200. The summed E-state index contributed by atoms with van der Waals surface area (Å²) in [6.07, 6.45) is 1.77. The SMILES string of the molecule is CC#Cc1cn(C)c2nc(N)[nH]c(=O)c12. The number of fused-ring (bicyclic) bond motifs is 1. The maximum absolute atomic E-state index is 11.7. The number of aromatic amines is 1. The number of hydrogen-bond acceptors (Lipinski definition) is 3. The van der Waals surface area contributed by atoms with Crippen molar-refractivity contribution in [2.24, 2.45) is 7.05 Å². The molecular formula is C10H10N4O. The van der Waals surface area contributed by atoms with Crippen molar-refractivity contribution >= 4 is 17.0 Å². The number of aromatic nitrogens is 3. The number of rotatable bonds is 0. The summed E-state index contributed by atoms with van der Waals surface area (Å²) in [6.45, 7) is 1.72. The van der Waals surface area contributed by atoms with Gasteiger partial charge in [-0.05, 0) is 6.92 Å². The second-order valence-electron chi connectivity index (χ2n) is 3.18. The van der Waals surface area contributed by atoms with Gasteiger partial charge in [-0.1, -0.05) is 5.92 Å². The number of nitrogen functional groups attached to an aromatic ring is 1. The van der Waals surface area contributed by atoms with E-state index in [4.69, 9.17) is 5.73 Å². The van der Waals surface area contributed by atoms with Crippen LogP contribution in [0.1, 0.15) is 12.5 Å². The smallest absolute Gasteiger partial charge is 0.263 e. The molecule has 2 heterocycles. The van der Waals surface area contributed by atoms with Crippen LogP contribution in [0.4, 0.5) is 5.95 Å². The Labute approximate surface area is 85.9 Å². The zero-order chi connectivity index (χ0) is 11.0. The highest BCUT2D eigenvalue weighted by atomic mass is 16.1. The van der Waals surface area contributed by atoms with Gasteiger partial charge in [-0.15, -0.1) is 5.92 Å². The molecule has 0 aliphatic heterocycles. The Morgan fingerprint density at radius 3 is 3.00 bits per heavy atom. The van der Waals surface area contributed by atoms with Crippen LogP contribution >= 0.6 is 0 Å². The van der Waals surface area contributed by atoms with Crippen molar-refractivity contribution < 1.29 is 0 Å². The van der Waals surface area contributed by atoms with Crippen LogP contribution in [0.3, 0.4) is 0 Å². The molecule has 0 fully saturated rings.